The summed E-state index contributed by atoms with van der Waals surface area (Å²) < 4.78 is 0. The minimum atomic E-state index is 0.425. The molecule has 9 atom stereocenters. The summed E-state index contributed by atoms with van der Waals surface area (Å²) in [4.78, 5) is 0. The van der Waals surface area contributed by atoms with Crippen molar-refractivity contribution in [1.29, 1.82) is 0 Å². The summed E-state index contributed by atoms with van der Waals surface area (Å²) in [6.07, 6.45) is 13.1. The second kappa shape index (κ2) is 8.92. The maximum atomic E-state index is 6.46. The van der Waals surface area contributed by atoms with Gasteiger partial charge in [0.15, 0.2) is 0 Å². The Morgan fingerprint density at radius 2 is 1.08 bits per heavy atom. The highest BCUT2D eigenvalue weighted by atomic mass is 14.7. The minimum absolute atomic E-state index is 0.425. The van der Waals surface area contributed by atoms with Crippen molar-refractivity contribution < 1.29 is 0 Å². The van der Waals surface area contributed by atoms with E-state index in [9.17, 15) is 0 Å². The van der Waals surface area contributed by atoms with Gasteiger partial charge in [-0.3, -0.25) is 0 Å². The molecule has 0 spiro atoms. The van der Waals surface area contributed by atoms with Crippen LogP contribution in [0, 0.1) is 41.4 Å². The van der Waals surface area contributed by atoms with E-state index in [2.05, 4.69) is 20.8 Å². The van der Waals surface area contributed by atoms with Crippen molar-refractivity contribution in [2.75, 3.05) is 0 Å². The first-order valence-electron chi connectivity index (χ1n) is 11.7. The molecule has 0 radical (unpaired) electrons. The predicted octanol–water partition coefficient (Wildman–Crippen LogP) is 4.28. The van der Waals surface area contributed by atoms with Gasteiger partial charge in [0.05, 0.1) is 0 Å². The molecule has 9 unspecified atom stereocenters. The molecule has 0 aromatic carbocycles. The van der Waals surface area contributed by atoms with Gasteiger partial charge in [-0.25, -0.2) is 0 Å². The molecule has 3 aliphatic carbocycles. The van der Waals surface area contributed by atoms with E-state index in [1.54, 1.807) is 0 Å². The van der Waals surface area contributed by atoms with Gasteiger partial charge in [-0.1, -0.05) is 27.2 Å². The molecule has 3 aliphatic rings. The fourth-order valence-electron chi connectivity index (χ4n) is 6.92. The molecular formula is C23H45N3. The lowest BCUT2D eigenvalue weighted by molar-refractivity contribution is 0.0246. The molecule has 0 bridgehead atoms. The number of rotatable bonds is 4. The molecule has 0 aliphatic heterocycles. The second-order valence-electron chi connectivity index (χ2n) is 10.4. The van der Waals surface area contributed by atoms with Crippen LogP contribution in [0.5, 0.6) is 0 Å². The molecule has 0 amide bonds. The Morgan fingerprint density at radius 3 is 1.50 bits per heavy atom. The average molecular weight is 364 g/mol. The van der Waals surface area contributed by atoms with Crippen LogP contribution in [0.3, 0.4) is 0 Å². The van der Waals surface area contributed by atoms with Gasteiger partial charge in [0.2, 0.25) is 0 Å². The Labute approximate surface area is 162 Å². The number of hydrogen-bond acceptors (Lipinski definition) is 3. The summed E-state index contributed by atoms with van der Waals surface area (Å²) in [5, 5.41) is 0. The summed E-state index contributed by atoms with van der Waals surface area (Å²) in [6.45, 7) is 7.11. The molecule has 6 N–H and O–H groups in total. The third kappa shape index (κ3) is 4.47. The van der Waals surface area contributed by atoms with E-state index in [1.807, 2.05) is 0 Å². The highest BCUT2D eigenvalue weighted by Crippen LogP contribution is 2.49. The summed E-state index contributed by atoms with van der Waals surface area (Å²) in [5.74, 6) is 5.66. The van der Waals surface area contributed by atoms with Gasteiger partial charge in [-0.15, -0.1) is 0 Å². The van der Waals surface area contributed by atoms with Gasteiger partial charge in [0.25, 0.3) is 0 Å². The van der Waals surface area contributed by atoms with E-state index in [4.69, 9.17) is 17.2 Å². The zero-order valence-electron chi connectivity index (χ0n) is 17.6. The molecular weight excluding hydrogens is 318 g/mol. The van der Waals surface area contributed by atoms with Crippen LogP contribution in [0.1, 0.15) is 85.0 Å². The van der Waals surface area contributed by atoms with Crippen molar-refractivity contribution in [3.8, 4) is 0 Å². The summed E-state index contributed by atoms with van der Waals surface area (Å²) in [6, 6.07) is 1.29. The molecule has 3 saturated carbocycles. The first kappa shape index (κ1) is 20.6. The Hall–Kier alpha value is -0.120. The van der Waals surface area contributed by atoms with Crippen molar-refractivity contribution in [3.63, 3.8) is 0 Å². The van der Waals surface area contributed by atoms with Crippen molar-refractivity contribution in [1.82, 2.24) is 0 Å². The minimum Gasteiger partial charge on any atom is -0.327 e. The van der Waals surface area contributed by atoms with Crippen LogP contribution in [-0.2, 0) is 0 Å². The summed E-state index contributed by atoms with van der Waals surface area (Å²) >= 11 is 0. The number of nitrogens with two attached hydrogens (primary N) is 3. The Kier molecular flexibility index (Phi) is 7.07. The van der Waals surface area contributed by atoms with Crippen molar-refractivity contribution in [2.24, 2.45) is 58.6 Å². The van der Waals surface area contributed by atoms with Crippen molar-refractivity contribution >= 4 is 0 Å². The third-order valence-electron chi connectivity index (χ3n) is 8.79. The standard InChI is InChI=1S/C23H45N3/c1-4-16-13-19(7-10-22(16)26)23(17-5-8-20(24)14(2)11-17)18-6-9-21(25)15(3)12-18/h14-23H,4-13,24-26H2,1-3H3. The smallest absolute Gasteiger partial charge is 0.00672 e. The van der Waals surface area contributed by atoms with E-state index >= 15 is 0 Å². The van der Waals surface area contributed by atoms with Crippen molar-refractivity contribution in [2.45, 2.75) is 103 Å². The first-order valence-corrected chi connectivity index (χ1v) is 11.7. The van der Waals surface area contributed by atoms with Crippen molar-refractivity contribution in [3.05, 3.63) is 0 Å². The van der Waals surface area contributed by atoms with E-state index in [1.165, 1.54) is 64.2 Å². The van der Waals surface area contributed by atoms with E-state index < -0.39 is 0 Å². The van der Waals surface area contributed by atoms with Gasteiger partial charge in [0.1, 0.15) is 0 Å². The molecule has 3 rings (SSSR count). The lowest BCUT2D eigenvalue weighted by Gasteiger charge is -2.49. The lowest BCUT2D eigenvalue weighted by Crippen LogP contribution is -2.46. The molecule has 0 aromatic heterocycles. The fraction of sp³-hybridized carbons (Fsp3) is 1.00. The molecule has 0 saturated heterocycles. The zero-order valence-corrected chi connectivity index (χ0v) is 17.6. The van der Waals surface area contributed by atoms with Crippen LogP contribution in [0.4, 0.5) is 0 Å². The van der Waals surface area contributed by atoms with Crippen LogP contribution >= 0.6 is 0 Å². The highest BCUT2D eigenvalue weighted by molar-refractivity contribution is 4.95. The van der Waals surface area contributed by atoms with Gasteiger partial charge in [-0.2, -0.15) is 0 Å². The van der Waals surface area contributed by atoms with E-state index in [0.717, 1.165) is 29.6 Å². The van der Waals surface area contributed by atoms with Crippen LogP contribution in [0.2, 0.25) is 0 Å². The maximum absolute atomic E-state index is 6.46. The molecule has 3 heteroatoms. The lowest BCUT2D eigenvalue weighted by atomic mass is 9.58. The maximum Gasteiger partial charge on any atom is 0.00672 e. The topological polar surface area (TPSA) is 78.1 Å². The predicted molar refractivity (Wildman–Crippen MR) is 112 cm³/mol. The molecule has 0 heterocycles. The molecule has 0 aromatic rings. The first-order chi connectivity index (χ1) is 12.4. The Balaban J connectivity index is 1.77. The van der Waals surface area contributed by atoms with Crippen LogP contribution in [0.15, 0.2) is 0 Å². The zero-order chi connectivity index (χ0) is 18.8. The van der Waals surface area contributed by atoms with Gasteiger partial charge < -0.3 is 17.2 Å². The normalized spacial score (nSPS) is 48.9. The molecule has 3 nitrogen and oxygen atoms in total. The highest BCUT2D eigenvalue weighted by Gasteiger charge is 2.43. The van der Waals surface area contributed by atoms with Crippen LogP contribution < -0.4 is 17.2 Å². The summed E-state index contributed by atoms with van der Waals surface area (Å²) in [5.41, 5.74) is 19.2. The van der Waals surface area contributed by atoms with Gasteiger partial charge >= 0.3 is 0 Å². The summed E-state index contributed by atoms with van der Waals surface area (Å²) in [7, 11) is 0. The van der Waals surface area contributed by atoms with Gasteiger partial charge in [0, 0.05) is 18.1 Å². The van der Waals surface area contributed by atoms with E-state index in [0.29, 0.717) is 30.0 Å². The third-order valence-corrected chi connectivity index (χ3v) is 8.79. The molecule has 3 fully saturated rings. The van der Waals surface area contributed by atoms with E-state index in [-0.39, 0.29) is 0 Å². The Morgan fingerprint density at radius 1 is 0.654 bits per heavy atom. The van der Waals surface area contributed by atoms with Crippen LogP contribution in [-0.4, -0.2) is 18.1 Å². The molecule has 152 valence electrons. The SMILES string of the molecule is CCC1CC(C(C2CCC(N)C(C)C2)C2CCC(N)C(C)C2)CCC1N. The second-order valence-corrected chi connectivity index (χ2v) is 10.4. The monoisotopic (exact) mass is 363 g/mol. The van der Waals surface area contributed by atoms with Crippen LogP contribution in [0.25, 0.3) is 0 Å². The average Bonchev–Trinajstić information content (AvgIpc) is 2.62. The Bertz CT molecular complexity index is 413. The van der Waals surface area contributed by atoms with Gasteiger partial charge in [-0.05, 0) is 99.2 Å². The molecule has 26 heavy (non-hydrogen) atoms. The number of hydrogen-bond donors (Lipinski definition) is 3. The largest absolute Gasteiger partial charge is 0.327 e. The fourth-order valence-corrected chi connectivity index (χ4v) is 6.92. The quantitative estimate of drug-likeness (QED) is 0.697.